The van der Waals surface area contributed by atoms with E-state index in [9.17, 15) is 4.79 Å². The molecule has 0 spiro atoms. The molecule has 0 N–H and O–H groups in total. The molecule has 0 saturated carbocycles. The molecule has 28 heavy (non-hydrogen) atoms. The molecular formula is C23H23ClN2O2. The van der Waals surface area contributed by atoms with Crippen LogP contribution in [0.4, 0.5) is 0 Å². The molecule has 5 heteroatoms. The van der Waals surface area contributed by atoms with Crippen LogP contribution in [0.25, 0.3) is 11.8 Å². The molecule has 4 nitrogen and oxygen atoms in total. The first-order valence-corrected chi connectivity index (χ1v) is 9.41. The fourth-order valence-electron chi connectivity index (χ4n) is 2.66. The van der Waals surface area contributed by atoms with Gasteiger partial charge in [0.25, 0.3) is 5.56 Å². The van der Waals surface area contributed by atoms with Crippen molar-refractivity contribution in [3.8, 4) is 11.4 Å². The van der Waals surface area contributed by atoms with Gasteiger partial charge in [-0.05, 0) is 55.6 Å². The Hall–Kier alpha value is -2.82. The number of nitrogens with zero attached hydrogens (tertiary/aromatic N) is 2. The maximum absolute atomic E-state index is 12.5. The number of ether oxygens (including phenoxy) is 1. The van der Waals surface area contributed by atoms with E-state index in [4.69, 9.17) is 16.3 Å². The minimum atomic E-state index is -0.135. The number of benzene rings is 2. The second kappa shape index (κ2) is 9.40. The van der Waals surface area contributed by atoms with Crippen LogP contribution in [0.1, 0.15) is 11.1 Å². The highest BCUT2D eigenvalue weighted by molar-refractivity contribution is 6.30. The molecule has 0 unspecified atom stereocenters. The summed E-state index contributed by atoms with van der Waals surface area (Å²) >= 11 is 5.88. The van der Waals surface area contributed by atoms with E-state index < -0.39 is 0 Å². The largest absolute Gasteiger partial charge is 0.489 e. The predicted octanol–water partition coefficient (Wildman–Crippen LogP) is 4.64. The Morgan fingerprint density at radius 3 is 2.39 bits per heavy atom. The molecular weight excluding hydrogens is 372 g/mol. The van der Waals surface area contributed by atoms with Gasteiger partial charge in [-0.25, -0.2) is 0 Å². The lowest BCUT2D eigenvalue weighted by molar-refractivity contribution is 0.305. The number of hydrogen-bond donors (Lipinski definition) is 0. The van der Waals surface area contributed by atoms with Gasteiger partial charge in [-0.1, -0.05) is 48.0 Å². The second-order valence-corrected chi connectivity index (χ2v) is 7.18. The average molecular weight is 395 g/mol. The zero-order chi connectivity index (χ0) is 19.9. The van der Waals surface area contributed by atoms with Gasteiger partial charge in [0, 0.05) is 29.5 Å². The number of rotatable bonds is 7. The van der Waals surface area contributed by atoms with E-state index in [1.54, 1.807) is 16.8 Å². The Balaban J connectivity index is 1.67. The molecule has 0 aliphatic rings. The highest BCUT2D eigenvalue weighted by atomic mass is 35.5. The van der Waals surface area contributed by atoms with E-state index in [0.717, 1.165) is 23.4 Å². The van der Waals surface area contributed by atoms with Crippen LogP contribution in [0.3, 0.4) is 0 Å². The zero-order valence-corrected chi connectivity index (χ0v) is 16.8. The summed E-state index contributed by atoms with van der Waals surface area (Å²) < 4.78 is 7.32. The molecule has 3 rings (SSSR count). The topological polar surface area (TPSA) is 34.5 Å². The summed E-state index contributed by atoms with van der Waals surface area (Å²) in [6.07, 6.45) is 5.91. The van der Waals surface area contributed by atoms with Crippen LogP contribution in [0.15, 0.2) is 77.7 Å². The third kappa shape index (κ3) is 5.59. The van der Waals surface area contributed by atoms with Gasteiger partial charge in [0.2, 0.25) is 0 Å². The van der Waals surface area contributed by atoms with Crippen molar-refractivity contribution in [3.63, 3.8) is 0 Å². The van der Waals surface area contributed by atoms with Crippen molar-refractivity contribution in [3.05, 3.63) is 99.4 Å². The molecule has 0 atom stereocenters. The molecule has 0 saturated heterocycles. The lowest BCUT2D eigenvalue weighted by Gasteiger charge is -2.09. The first-order chi connectivity index (χ1) is 13.5. The Bertz CT molecular complexity index is 990. The molecule has 0 aliphatic heterocycles. The fourth-order valence-corrected chi connectivity index (χ4v) is 2.78. The fraction of sp³-hybridized carbons (Fsp3) is 0.174. The first-order valence-electron chi connectivity index (χ1n) is 9.03. The summed E-state index contributed by atoms with van der Waals surface area (Å²) in [5.41, 5.74) is 2.77. The second-order valence-electron chi connectivity index (χ2n) is 6.74. The zero-order valence-electron chi connectivity index (χ0n) is 16.0. The Morgan fingerprint density at radius 2 is 1.75 bits per heavy atom. The molecule has 1 heterocycles. The SMILES string of the molecule is CN(C)C/C=C/c1ccc(-n2ccc(OCc3ccc(Cl)cc3)cc2=O)cc1. The summed E-state index contributed by atoms with van der Waals surface area (Å²) in [6, 6.07) is 18.6. The molecule has 0 aliphatic carbocycles. The van der Waals surface area contributed by atoms with Crippen LogP contribution in [0, 0.1) is 0 Å². The highest BCUT2D eigenvalue weighted by Gasteiger charge is 2.03. The van der Waals surface area contributed by atoms with Gasteiger partial charge in [0.15, 0.2) is 0 Å². The molecule has 0 radical (unpaired) electrons. The van der Waals surface area contributed by atoms with E-state index in [2.05, 4.69) is 17.1 Å². The van der Waals surface area contributed by atoms with Gasteiger partial charge in [0.05, 0.1) is 0 Å². The summed E-state index contributed by atoms with van der Waals surface area (Å²) in [5.74, 6) is 0.541. The molecule has 1 aromatic heterocycles. The van der Waals surface area contributed by atoms with E-state index >= 15 is 0 Å². The third-order valence-electron chi connectivity index (χ3n) is 4.16. The van der Waals surface area contributed by atoms with Crippen LogP contribution in [-0.2, 0) is 6.61 Å². The van der Waals surface area contributed by atoms with Crippen molar-refractivity contribution < 1.29 is 4.74 Å². The van der Waals surface area contributed by atoms with Gasteiger partial charge < -0.3 is 9.64 Å². The van der Waals surface area contributed by atoms with Crippen molar-refractivity contribution in [1.29, 1.82) is 0 Å². The van der Waals surface area contributed by atoms with Gasteiger partial charge in [-0.3, -0.25) is 9.36 Å². The van der Waals surface area contributed by atoms with Crippen molar-refractivity contribution in [2.45, 2.75) is 6.61 Å². The minimum absolute atomic E-state index is 0.135. The smallest absolute Gasteiger partial charge is 0.258 e. The Labute approximate surface area is 170 Å². The summed E-state index contributed by atoms with van der Waals surface area (Å²) in [6.45, 7) is 1.27. The molecule has 0 amide bonds. The number of pyridine rings is 1. The first kappa shape index (κ1) is 19.9. The number of hydrogen-bond acceptors (Lipinski definition) is 3. The third-order valence-corrected chi connectivity index (χ3v) is 4.41. The van der Waals surface area contributed by atoms with Crippen LogP contribution in [0.2, 0.25) is 5.02 Å². The Morgan fingerprint density at radius 1 is 1.04 bits per heavy atom. The molecule has 0 bridgehead atoms. The maximum Gasteiger partial charge on any atom is 0.258 e. The predicted molar refractivity (Wildman–Crippen MR) is 115 cm³/mol. The number of aromatic nitrogens is 1. The molecule has 0 fully saturated rings. The van der Waals surface area contributed by atoms with Crippen LogP contribution in [-0.4, -0.2) is 30.1 Å². The van der Waals surface area contributed by atoms with Crippen molar-refractivity contribution in [1.82, 2.24) is 9.47 Å². The highest BCUT2D eigenvalue weighted by Crippen LogP contribution is 2.15. The molecule has 3 aromatic rings. The number of halogens is 1. The van der Waals surface area contributed by atoms with Gasteiger partial charge in [-0.2, -0.15) is 0 Å². The summed E-state index contributed by atoms with van der Waals surface area (Å²) in [5, 5.41) is 0.686. The quantitative estimate of drug-likeness (QED) is 0.585. The lowest BCUT2D eigenvalue weighted by atomic mass is 10.2. The van der Waals surface area contributed by atoms with E-state index in [-0.39, 0.29) is 5.56 Å². The van der Waals surface area contributed by atoms with Crippen LogP contribution < -0.4 is 10.3 Å². The standard InChI is InChI=1S/C23H23ClN2O2/c1-25(2)14-3-4-18-7-11-21(12-8-18)26-15-13-22(16-23(26)27)28-17-19-5-9-20(24)10-6-19/h3-13,15-16H,14,17H2,1-2H3/b4-3+. The molecule has 2 aromatic carbocycles. The monoisotopic (exact) mass is 394 g/mol. The van der Waals surface area contributed by atoms with Crippen LogP contribution >= 0.6 is 11.6 Å². The van der Waals surface area contributed by atoms with E-state index in [1.807, 2.05) is 62.6 Å². The normalized spacial score (nSPS) is 11.3. The minimum Gasteiger partial charge on any atom is -0.489 e. The van der Waals surface area contributed by atoms with Crippen molar-refractivity contribution in [2.24, 2.45) is 0 Å². The maximum atomic E-state index is 12.5. The van der Waals surface area contributed by atoms with Crippen LogP contribution in [0.5, 0.6) is 5.75 Å². The Kier molecular flexibility index (Phi) is 6.69. The van der Waals surface area contributed by atoms with E-state index in [0.29, 0.717) is 17.4 Å². The van der Waals surface area contributed by atoms with Gasteiger partial charge in [0.1, 0.15) is 12.4 Å². The van der Waals surface area contributed by atoms with Gasteiger partial charge in [-0.15, -0.1) is 0 Å². The van der Waals surface area contributed by atoms with Crippen molar-refractivity contribution in [2.75, 3.05) is 20.6 Å². The van der Waals surface area contributed by atoms with Gasteiger partial charge >= 0.3 is 0 Å². The average Bonchev–Trinajstić information content (AvgIpc) is 2.68. The van der Waals surface area contributed by atoms with E-state index in [1.165, 1.54) is 6.07 Å². The lowest BCUT2D eigenvalue weighted by Crippen LogP contribution is -2.16. The van der Waals surface area contributed by atoms with Crippen molar-refractivity contribution >= 4 is 17.7 Å². The number of likely N-dealkylation sites (N-methyl/N-ethyl adjacent to an activating group) is 1. The summed E-state index contributed by atoms with van der Waals surface area (Å²) in [4.78, 5) is 14.6. The molecule has 144 valence electrons. The summed E-state index contributed by atoms with van der Waals surface area (Å²) in [7, 11) is 4.06.